The summed E-state index contributed by atoms with van der Waals surface area (Å²) in [6.45, 7) is 2.51. The Morgan fingerprint density at radius 2 is 2.08 bits per heavy atom. The Balaban J connectivity index is 1.76. The molecule has 1 N–H and O–H groups in total. The van der Waals surface area contributed by atoms with E-state index in [1.807, 2.05) is 31.2 Å². The molecule has 2 aromatic rings. The molecule has 0 saturated carbocycles. The zero-order valence-electron chi connectivity index (χ0n) is 14.3. The van der Waals surface area contributed by atoms with E-state index in [0.29, 0.717) is 12.3 Å². The van der Waals surface area contributed by atoms with Crippen LogP contribution in [0.2, 0.25) is 0 Å². The highest BCUT2D eigenvalue weighted by atomic mass is 16.5. The number of benzene rings is 1. The van der Waals surface area contributed by atoms with Crippen molar-refractivity contribution in [3.05, 3.63) is 54.4 Å². The number of anilines is 1. The standard InChI is InChI=1S/C19H21N3O3/c1-3-25-15-8-6-14(7-9-15)21-19(24)16-11-17(23)22(2)18(16)13-5-4-10-20-12-13/h4-10,12,16,18H,3,11H2,1-2H3,(H,21,24). The van der Waals surface area contributed by atoms with Crippen molar-refractivity contribution in [2.75, 3.05) is 19.0 Å². The Morgan fingerprint density at radius 1 is 1.32 bits per heavy atom. The summed E-state index contributed by atoms with van der Waals surface area (Å²) in [6.07, 6.45) is 3.57. The third-order valence-corrected chi connectivity index (χ3v) is 4.38. The van der Waals surface area contributed by atoms with Gasteiger partial charge in [0, 0.05) is 31.5 Å². The highest BCUT2D eigenvalue weighted by Crippen LogP contribution is 2.37. The second-order valence-electron chi connectivity index (χ2n) is 5.99. The predicted octanol–water partition coefficient (Wildman–Crippen LogP) is 2.64. The molecule has 1 aromatic carbocycles. The van der Waals surface area contributed by atoms with Gasteiger partial charge in [-0.3, -0.25) is 14.6 Å². The van der Waals surface area contributed by atoms with Gasteiger partial charge in [0.25, 0.3) is 0 Å². The lowest BCUT2D eigenvalue weighted by atomic mass is 9.94. The molecule has 0 bridgehead atoms. The van der Waals surface area contributed by atoms with Crippen LogP contribution in [0, 0.1) is 5.92 Å². The van der Waals surface area contributed by atoms with Crippen LogP contribution in [0.15, 0.2) is 48.8 Å². The van der Waals surface area contributed by atoms with Crippen molar-refractivity contribution in [2.24, 2.45) is 5.92 Å². The minimum Gasteiger partial charge on any atom is -0.494 e. The summed E-state index contributed by atoms with van der Waals surface area (Å²) < 4.78 is 5.40. The Bertz CT molecular complexity index is 746. The SMILES string of the molecule is CCOc1ccc(NC(=O)C2CC(=O)N(C)C2c2cccnc2)cc1. The van der Waals surface area contributed by atoms with Crippen molar-refractivity contribution in [1.82, 2.24) is 9.88 Å². The Kier molecular flexibility index (Phi) is 4.97. The van der Waals surface area contributed by atoms with E-state index in [-0.39, 0.29) is 24.3 Å². The van der Waals surface area contributed by atoms with Gasteiger partial charge in [-0.15, -0.1) is 0 Å². The van der Waals surface area contributed by atoms with Crippen LogP contribution >= 0.6 is 0 Å². The fourth-order valence-corrected chi connectivity index (χ4v) is 3.15. The molecule has 1 aliphatic heterocycles. The van der Waals surface area contributed by atoms with Crippen molar-refractivity contribution in [3.8, 4) is 5.75 Å². The van der Waals surface area contributed by atoms with Crippen molar-refractivity contribution in [1.29, 1.82) is 0 Å². The number of nitrogens with one attached hydrogen (secondary N) is 1. The zero-order valence-corrected chi connectivity index (χ0v) is 14.3. The summed E-state index contributed by atoms with van der Waals surface area (Å²) in [4.78, 5) is 30.6. The number of amides is 2. The number of hydrogen-bond acceptors (Lipinski definition) is 4. The maximum atomic E-state index is 12.8. The number of carbonyl (C=O) groups excluding carboxylic acids is 2. The second kappa shape index (κ2) is 7.34. The summed E-state index contributed by atoms with van der Waals surface area (Å²) in [5.74, 6) is 0.0918. The van der Waals surface area contributed by atoms with Crippen LogP contribution in [0.1, 0.15) is 24.9 Å². The first-order valence-electron chi connectivity index (χ1n) is 8.29. The van der Waals surface area contributed by atoms with Gasteiger partial charge >= 0.3 is 0 Å². The molecule has 1 aliphatic rings. The molecule has 3 rings (SSSR count). The van der Waals surface area contributed by atoms with Crippen LogP contribution in [-0.2, 0) is 9.59 Å². The molecular weight excluding hydrogens is 318 g/mol. The first-order valence-corrected chi connectivity index (χ1v) is 8.29. The lowest BCUT2D eigenvalue weighted by Gasteiger charge is -2.24. The molecule has 130 valence electrons. The number of hydrogen-bond donors (Lipinski definition) is 1. The van der Waals surface area contributed by atoms with E-state index in [1.165, 1.54) is 0 Å². The topological polar surface area (TPSA) is 71.5 Å². The third kappa shape index (κ3) is 3.63. The van der Waals surface area contributed by atoms with E-state index in [9.17, 15) is 9.59 Å². The lowest BCUT2D eigenvalue weighted by molar-refractivity contribution is -0.127. The third-order valence-electron chi connectivity index (χ3n) is 4.38. The van der Waals surface area contributed by atoms with Gasteiger partial charge < -0.3 is 15.0 Å². The van der Waals surface area contributed by atoms with Gasteiger partial charge in [0.15, 0.2) is 0 Å². The number of nitrogens with zero attached hydrogens (tertiary/aromatic N) is 2. The second-order valence-corrected chi connectivity index (χ2v) is 5.99. The summed E-state index contributed by atoms with van der Waals surface area (Å²) in [7, 11) is 1.73. The maximum Gasteiger partial charge on any atom is 0.230 e. The molecule has 25 heavy (non-hydrogen) atoms. The molecule has 2 atom stereocenters. The summed E-state index contributed by atoms with van der Waals surface area (Å²) in [6, 6.07) is 10.6. The van der Waals surface area contributed by atoms with Gasteiger partial charge in [-0.25, -0.2) is 0 Å². The fourth-order valence-electron chi connectivity index (χ4n) is 3.15. The van der Waals surface area contributed by atoms with Gasteiger partial charge in [-0.2, -0.15) is 0 Å². The quantitative estimate of drug-likeness (QED) is 0.909. The Hall–Kier alpha value is -2.89. The highest BCUT2D eigenvalue weighted by Gasteiger charge is 2.42. The van der Waals surface area contributed by atoms with Crippen LogP contribution in [0.5, 0.6) is 5.75 Å². The van der Waals surface area contributed by atoms with Crippen molar-refractivity contribution in [3.63, 3.8) is 0 Å². The maximum absolute atomic E-state index is 12.8. The molecule has 0 aliphatic carbocycles. The predicted molar refractivity (Wildman–Crippen MR) is 94.1 cm³/mol. The van der Waals surface area contributed by atoms with E-state index in [0.717, 1.165) is 11.3 Å². The highest BCUT2D eigenvalue weighted by molar-refractivity contribution is 5.97. The number of carbonyl (C=O) groups is 2. The molecule has 2 amide bonds. The van der Waals surface area contributed by atoms with Gasteiger partial charge in [-0.1, -0.05) is 6.07 Å². The summed E-state index contributed by atoms with van der Waals surface area (Å²) >= 11 is 0. The molecule has 0 radical (unpaired) electrons. The molecule has 2 unspecified atom stereocenters. The normalized spacial score (nSPS) is 19.8. The molecule has 2 heterocycles. The van der Waals surface area contributed by atoms with Gasteiger partial charge in [0.05, 0.1) is 18.6 Å². The van der Waals surface area contributed by atoms with E-state index < -0.39 is 5.92 Å². The number of likely N-dealkylation sites (tertiary alicyclic amines) is 1. The largest absolute Gasteiger partial charge is 0.494 e. The van der Waals surface area contributed by atoms with Crippen molar-refractivity contribution in [2.45, 2.75) is 19.4 Å². The Morgan fingerprint density at radius 3 is 2.72 bits per heavy atom. The van der Waals surface area contributed by atoms with Crippen LogP contribution in [-0.4, -0.2) is 35.4 Å². The molecule has 6 heteroatoms. The number of rotatable bonds is 5. The number of aromatic nitrogens is 1. The smallest absolute Gasteiger partial charge is 0.230 e. The Labute approximate surface area is 146 Å². The average molecular weight is 339 g/mol. The molecule has 0 spiro atoms. The first-order chi connectivity index (χ1) is 12.1. The van der Waals surface area contributed by atoms with Gasteiger partial charge in [0.1, 0.15) is 5.75 Å². The molecule has 1 aromatic heterocycles. The zero-order chi connectivity index (χ0) is 17.8. The monoisotopic (exact) mass is 339 g/mol. The molecule has 1 saturated heterocycles. The summed E-state index contributed by atoms with van der Waals surface area (Å²) in [5, 5.41) is 2.90. The van der Waals surface area contributed by atoms with Crippen molar-refractivity contribution >= 4 is 17.5 Å². The van der Waals surface area contributed by atoms with Gasteiger partial charge in [-0.05, 0) is 42.8 Å². The first kappa shape index (κ1) is 17.0. The van der Waals surface area contributed by atoms with E-state index >= 15 is 0 Å². The van der Waals surface area contributed by atoms with Crippen LogP contribution < -0.4 is 10.1 Å². The van der Waals surface area contributed by atoms with Crippen LogP contribution in [0.4, 0.5) is 5.69 Å². The van der Waals surface area contributed by atoms with E-state index in [2.05, 4.69) is 10.3 Å². The average Bonchev–Trinajstić information content (AvgIpc) is 2.93. The van der Waals surface area contributed by atoms with Crippen LogP contribution in [0.3, 0.4) is 0 Å². The van der Waals surface area contributed by atoms with E-state index in [4.69, 9.17) is 4.74 Å². The van der Waals surface area contributed by atoms with Crippen molar-refractivity contribution < 1.29 is 14.3 Å². The minimum absolute atomic E-state index is 0.0410. The van der Waals surface area contributed by atoms with Crippen LogP contribution in [0.25, 0.3) is 0 Å². The number of ether oxygens (including phenoxy) is 1. The number of pyridine rings is 1. The molecule has 1 fully saturated rings. The summed E-state index contributed by atoms with van der Waals surface area (Å²) in [5.41, 5.74) is 1.54. The van der Waals surface area contributed by atoms with E-state index in [1.54, 1.807) is 36.5 Å². The molecular formula is C19H21N3O3. The minimum atomic E-state index is -0.451. The molecule has 6 nitrogen and oxygen atoms in total. The fraction of sp³-hybridized carbons (Fsp3) is 0.316. The van der Waals surface area contributed by atoms with Gasteiger partial charge in [0.2, 0.25) is 11.8 Å². The lowest BCUT2D eigenvalue weighted by Crippen LogP contribution is -2.30.